The number of hydrogen-bond acceptors (Lipinski definition) is 8. The van der Waals surface area contributed by atoms with E-state index >= 15 is 0 Å². The minimum absolute atomic E-state index is 0.0250. The Bertz CT molecular complexity index is 1330. The van der Waals surface area contributed by atoms with Crippen molar-refractivity contribution in [3.63, 3.8) is 0 Å². The van der Waals surface area contributed by atoms with Crippen LogP contribution in [-0.4, -0.2) is 56.7 Å². The van der Waals surface area contributed by atoms with Crippen molar-refractivity contribution in [2.45, 2.75) is 90.6 Å². The summed E-state index contributed by atoms with van der Waals surface area (Å²) in [6.45, 7) is 5.83. The molecule has 0 spiro atoms. The number of fused-ring (bicyclic) bond motifs is 5. The van der Waals surface area contributed by atoms with Crippen LogP contribution >= 0.6 is 0 Å². The lowest BCUT2D eigenvalue weighted by molar-refractivity contribution is -0.151. The van der Waals surface area contributed by atoms with Crippen molar-refractivity contribution in [3.05, 3.63) is 59.1 Å². The molecule has 8 nitrogen and oxygen atoms in total. The zero-order chi connectivity index (χ0) is 32.2. The topological polar surface area (TPSA) is 101 Å². The summed E-state index contributed by atoms with van der Waals surface area (Å²) in [7, 11) is 4.68. The first-order valence-electron chi connectivity index (χ1n) is 16.6. The first-order chi connectivity index (χ1) is 21.7. The molecule has 9 atom stereocenters. The molecule has 1 saturated heterocycles. The van der Waals surface area contributed by atoms with E-state index in [1.54, 1.807) is 14.0 Å². The van der Waals surface area contributed by atoms with Gasteiger partial charge in [-0.1, -0.05) is 44.6 Å². The number of carbonyl (C=O) groups is 2. The third kappa shape index (κ3) is 7.02. The number of ether oxygens (including phenoxy) is 5. The number of esters is 1. The van der Waals surface area contributed by atoms with Gasteiger partial charge in [0, 0.05) is 11.8 Å². The number of Topliss-reactive ketones (excluding diaryl/α,β-unsaturated/α-hetero) is 1. The molecule has 3 unspecified atom stereocenters. The molecule has 1 heterocycles. The van der Waals surface area contributed by atoms with Crippen LogP contribution in [0.25, 0.3) is 5.57 Å². The number of aliphatic hydroxyl groups is 1. The zero-order valence-corrected chi connectivity index (χ0v) is 27.6. The van der Waals surface area contributed by atoms with Crippen molar-refractivity contribution in [3.8, 4) is 5.75 Å². The van der Waals surface area contributed by atoms with Gasteiger partial charge in [0.2, 0.25) is 6.29 Å². The molecule has 0 bridgehead atoms. The summed E-state index contributed by atoms with van der Waals surface area (Å²) in [6, 6.07) is 8.08. The molecule has 1 saturated carbocycles. The second-order valence-corrected chi connectivity index (χ2v) is 13.2. The van der Waals surface area contributed by atoms with Gasteiger partial charge in [-0.2, -0.15) is 0 Å². The van der Waals surface area contributed by atoms with E-state index in [4.69, 9.17) is 23.7 Å². The van der Waals surface area contributed by atoms with Crippen LogP contribution in [-0.2, 0) is 28.5 Å². The Morgan fingerprint density at radius 1 is 1.00 bits per heavy atom. The quantitative estimate of drug-likeness (QED) is 0.196. The van der Waals surface area contributed by atoms with Crippen molar-refractivity contribution >= 4 is 17.3 Å². The average Bonchev–Trinajstić information content (AvgIpc) is 3.62. The number of hydrogen-bond donors (Lipinski definition) is 1. The largest absolute Gasteiger partial charge is 0.498 e. The molecule has 246 valence electrons. The highest BCUT2D eigenvalue weighted by Crippen LogP contribution is 2.58. The summed E-state index contributed by atoms with van der Waals surface area (Å²) < 4.78 is 28.5. The van der Waals surface area contributed by atoms with Crippen molar-refractivity contribution < 1.29 is 38.4 Å². The van der Waals surface area contributed by atoms with Gasteiger partial charge in [-0.05, 0) is 98.0 Å². The standard InChI is InChI=1S/C37H50O8/c1-7-24-13-9-8-11-21(2)35(39)33-19-31-29-17-26(45-37(40)36(43-6)22(3)41-4)16-28(29)27(23-12-10-14-25(15-23)42-5)18-30(31)32(33)20-34(38)44-24/h10,12,14-15,18-19,21,24,26,28-32,37,40H,7-9,11,13,16-17,20H2,1-6H3/b36-22+/t21-,24+,26-,28?,29-,30?,31?,32+,37+/m1/s1. The van der Waals surface area contributed by atoms with Crippen LogP contribution in [0.15, 0.2) is 53.5 Å². The Hall–Kier alpha value is -3.10. The van der Waals surface area contributed by atoms with Gasteiger partial charge in [-0.3, -0.25) is 9.59 Å². The number of benzene rings is 1. The van der Waals surface area contributed by atoms with Crippen molar-refractivity contribution in [1.29, 1.82) is 0 Å². The number of aliphatic hydroxyl groups excluding tert-OH is 1. The van der Waals surface area contributed by atoms with Crippen LogP contribution in [0.4, 0.5) is 0 Å². The first-order valence-corrected chi connectivity index (χ1v) is 16.6. The number of methoxy groups -OCH3 is 3. The predicted molar refractivity (Wildman–Crippen MR) is 171 cm³/mol. The van der Waals surface area contributed by atoms with Crippen molar-refractivity contribution in [1.82, 2.24) is 0 Å². The summed E-state index contributed by atoms with van der Waals surface area (Å²) >= 11 is 0. The summed E-state index contributed by atoms with van der Waals surface area (Å²) in [6.07, 6.45) is 8.87. The van der Waals surface area contributed by atoms with E-state index < -0.39 is 6.29 Å². The number of allylic oxidation sites excluding steroid dienone is 5. The molecular weight excluding hydrogens is 572 g/mol. The average molecular weight is 623 g/mol. The summed E-state index contributed by atoms with van der Waals surface area (Å²) in [5, 5.41) is 11.0. The van der Waals surface area contributed by atoms with Gasteiger partial charge in [0.1, 0.15) is 17.6 Å². The van der Waals surface area contributed by atoms with E-state index in [1.807, 2.05) is 19.1 Å². The van der Waals surface area contributed by atoms with Gasteiger partial charge in [-0.25, -0.2) is 0 Å². The first kappa shape index (κ1) is 33.3. The van der Waals surface area contributed by atoms with E-state index in [9.17, 15) is 14.7 Å². The summed E-state index contributed by atoms with van der Waals surface area (Å²) in [5.74, 6) is 1.43. The third-order valence-corrected chi connectivity index (χ3v) is 10.6. The molecule has 1 N–H and O–H groups in total. The van der Waals surface area contributed by atoms with Gasteiger partial charge in [0.15, 0.2) is 11.5 Å². The molecule has 2 fully saturated rings. The molecule has 0 aromatic heterocycles. The Balaban J connectivity index is 1.53. The highest BCUT2D eigenvalue weighted by Gasteiger charge is 2.52. The molecule has 45 heavy (non-hydrogen) atoms. The van der Waals surface area contributed by atoms with Gasteiger partial charge >= 0.3 is 5.97 Å². The van der Waals surface area contributed by atoms with E-state index in [0.29, 0.717) is 18.6 Å². The second-order valence-electron chi connectivity index (χ2n) is 13.2. The number of ketones is 1. The maximum absolute atomic E-state index is 14.0. The van der Waals surface area contributed by atoms with Crippen LogP contribution in [0, 0.1) is 35.5 Å². The van der Waals surface area contributed by atoms with Crippen LogP contribution in [0.1, 0.15) is 77.7 Å². The van der Waals surface area contributed by atoms with E-state index in [-0.39, 0.29) is 71.6 Å². The molecule has 0 radical (unpaired) electrons. The fraction of sp³-hybridized carbons (Fsp3) is 0.622. The molecule has 1 aliphatic heterocycles. The van der Waals surface area contributed by atoms with E-state index in [2.05, 4.69) is 31.2 Å². The highest BCUT2D eigenvalue weighted by molar-refractivity contribution is 5.99. The fourth-order valence-corrected chi connectivity index (χ4v) is 8.19. The number of carbonyl (C=O) groups excluding carboxylic acids is 2. The van der Waals surface area contributed by atoms with Gasteiger partial charge in [-0.15, -0.1) is 0 Å². The number of rotatable bonds is 8. The SMILES string of the molecule is CC[C@H]1CCCC[C@@H](C)C(=O)C2=CC3C(C=C(c4cccc(OC)c4)C4C[C@@H](O[C@H](O)/C(OC)=C(/C)OC)C[C@H]43)[C@@H]2CC(=O)O1. The minimum Gasteiger partial charge on any atom is -0.498 e. The normalized spacial score (nSPS) is 33.1. The van der Waals surface area contributed by atoms with Crippen LogP contribution in [0.5, 0.6) is 5.75 Å². The molecule has 3 aliphatic carbocycles. The van der Waals surface area contributed by atoms with E-state index in [0.717, 1.165) is 49.0 Å². The van der Waals surface area contributed by atoms with Crippen molar-refractivity contribution in [2.24, 2.45) is 35.5 Å². The monoisotopic (exact) mass is 622 g/mol. The number of cyclic esters (lactones) is 1. The minimum atomic E-state index is -1.26. The zero-order valence-electron chi connectivity index (χ0n) is 27.6. The van der Waals surface area contributed by atoms with E-state index in [1.165, 1.54) is 19.8 Å². The Labute approximate surface area is 267 Å². The summed E-state index contributed by atoms with van der Waals surface area (Å²) in [4.78, 5) is 27.4. The molecule has 1 aromatic rings. The van der Waals surface area contributed by atoms with Crippen LogP contribution in [0.2, 0.25) is 0 Å². The maximum Gasteiger partial charge on any atom is 0.306 e. The Kier molecular flexibility index (Phi) is 10.8. The lowest BCUT2D eigenvalue weighted by Crippen LogP contribution is -2.32. The van der Waals surface area contributed by atoms with Crippen LogP contribution < -0.4 is 4.74 Å². The molecule has 0 amide bonds. The highest BCUT2D eigenvalue weighted by atomic mass is 16.6. The maximum atomic E-state index is 14.0. The van der Waals surface area contributed by atoms with Crippen molar-refractivity contribution in [2.75, 3.05) is 21.3 Å². The summed E-state index contributed by atoms with van der Waals surface area (Å²) in [5.41, 5.74) is 3.03. The fourth-order valence-electron chi connectivity index (χ4n) is 8.19. The predicted octanol–water partition coefficient (Wildman–Crippen LogP) is 6.63. The smallest absolute Gasteiger partial charge is 0.306 e. The van der Waals surface area contributed by atoms with Gasteiger partial charge < -0.3 is 28.8 Å². The second kappa shape index (κ2) is 14.5. The van der Waals surface area contributed by atoms with Gasteiger partial charge in [0.05, 0.1) is 33.9 Å². The lowest BCUT2D eigenvalue weighted by atomic mass is 9.66. The Morgan fingerprint density at radius 3 is 2.47 bits per heavy atom. The lowest BCUT2D eigenvalue weighted by Gasteiger charge is -2.38. The molecule has 4 aliphatic rings. The molecule has 8 heteroatoms. The Morgan fingerprint density at radius 2 is 1.76 bits per heavy atom. The molecule has 5 rings (SSSR count). The third-order valence-electron chi connectivity index (χ3n) is 10.6. The molecular formula is C37H50O8. The van der Waals surface area contributed by atoms with Gasteiger partial charge in [0.25, 0.3) is 0 Å². The molecule has 1 aromatic carbocycles. The van der Waals surface area contributed by atoms with Crippen LogP contribution in [0.3, 0.4) is 0 Å².